The fraction of sp³-hybridized carbons (Fsp3) is 1.00. The zero-order chi connectivity index (χ0) is 14.0. The van der Waals surface area contributed by atoms with Crippen molar-refractivity contribution in [2.24, 2.45) is 34.5 Å². The molecule has 1 N–H and O–H groups in total. The zero-order valence-electron chi connectivity index (χ0n) is 13.4. The summed E-state index contributed by atoms with van der Waals surface area (Å²) in [5.74, 6) is 3.39. The standard InChI is InChI=1S/C19H32O/c1-18-11-8-15-14(17(18)16(20)9-12-18)7-6-13-5-3-4-10-19(13,15)2/h13-17,20H,3-12H2,1-2H3/t13-,14-,15+,16+,17-,18-,19+/m1/s1. The summed E-state index contributed by atoms with van der Waals surface area (Å²) in [6, 6.07) is 0. The normalized spacial score (nSPS) is 58.6. The minimum Gasteiger partial charge on any atom is -0.393 e. The van der Waals surface area contributed by atoms with Gasteiger partial charge in [-0.1, -0.05) is 26.7 Å². The van der Waals surface area contributed by atoms with Crippen LogP contribution >= 0.6 is 0 Å². The summed E-state index contributed by atoms with van der Waals surface area (Å²) in [5.41, 5.74) is 1.09. The van der Waals surface area contributed by atoms with E-state index in [2.05, 4.69) is 13.8 Å². The van der Waals surface area contributed by atoms with Gasteiger partial charge < -0.3 is 5.11 Å². The number of hydrogen-bond acceptors (Lipinski definition) is 1. The van der Waals surface area contributed by atoms with Gasteiger partial charge in [0, 0.05) is 0 Å². The Morgan fingerprint density at radius 2 is 1.65 bits per heavy atom. The van der Waals surface area contributed by atoms with Gasteiger partial charge in [-0.05, 0) is 85.9 Å². The van der Waals surface area contributed by atoms with Crippen LogP contribution in [0.2, 0.25) is 0 Å². The summed E-state index contributed by atoms with van der Waals surface area (Å²) in [6.07, 6.45) is 14.0. The fourth-order valence-corrected chi connectivity index (χ4v) is 7.32. The first-order valence-corrected chi connectivity index (χ1v) is 9.23. The van der Waals surface area contributed by atoms with Crippen LogP contribution in [0.4, 0.5) is 0 Å². The second kappa shape index (κ2) is 4.48. The average Bonchev–Trinajstić information content (AvgIpc) is 2.74. The van der Waals surface area contributed by atoms with Crippen molar-refractivity contribution in [1.82, 2.24) is 0 Å². The van der Waals surface area contributed by atoms with E-state index in [-0.39, 0.29) is 6.10 Å². The SMILES string of the molecule is C[C@@]12CC[C@H](O)[C@H]1[C@@H]1CC[C@H]3CCCC[C@]3(C)[C@H]1CC2. The summed E-state index contributed by atoms with van der Waals surface area (Å²) in [6.45, 7) is 5.11. The average molecular weight is 276 g/mol. The van der Waals surface area contributed by atoms with Gasteiger partial charge in [-0.2, -0.15) is 0 Å². The van der Waals surface area contributed by atoms with Crippen molar-refractivity contribution in [2.45, 2.75) is 84.2 Å². The van der Waals surface area contributed by atoms with Crippen molar-refractivity contribution >= 4 is 0 Å². The van der Waals surface area contributed by atoms with E-state index in [4.69, 9.17) is 0 Å². The van der Waals surface area contributed by atoms with Crippen LogP contribution < -0.4 is 0 Å². The smallest absolute Gasteiger partial charge is 0.0576 e. The van der Waals surface area contributed by atoms with E-state index in [0.717, 1.165) is 24.2 Å². The highest BCUT2D eigenvalue weighted by molar-refractivity contribution is 5.08. The first-order valence-electron chi connectivity index (χ1n) is 9.23. The number of aliphatic hydroxyl groups excluding tert-OH is 1. The van der Waals surface area contributed by atoms with Crippen LogP contribution in [-0.2, 0) is 0 Å². The predicted octanol–water partition coefficient (Wildman–Crippen LogP) is 4.78. The van der Waals surface area contributed by atoms with Gasteiger partial charge >= 0.3 is 0 Å². The highest BCUT2D eigenvalue weighted by atomic mass is 16.3. The van der Waals surface area contributed by atoms with E-state index in [1.54, 1.807) is 0 Å². The van der Waals surface area contributed by atoms with E-state index in [9.17, 15) is 5.11 Å². The Kier molecular flexibility index (Phi) is 3.05. The lowest BCUT2D eigenvalue weighted by Crippen LogP contribution is -2.53. The Morgan fingerprint density at radius 3 is 2.50 bits per heavy atom. The molecule has 0 spiro atoms. The second-order valence-electron chi connectivity index (χ2n) is 9.12. The van der Waals surface area contributed by atoms with Gasteiger partial charge in [-0.25, -0.2) is 0 Å². The van der Waals surface area contributed by atoms with Crippen LogP contribution in [0.15, 0.2) is 0 Å². The molecule has 7 atom stereocenters. The molecule has 0 unspecified atom stereocenters. The van der Waals surface area contributed by atoms with E-state index < -0.39 is 0 Å². The Morgan fingerprint density at radius 1 is 0.850 bits per heavy atom. The Balaban J connectivity index is 1.66. The van der Waals surface area contributed by atoms with Crippen LogP contribution in [0.25, 0.3) is 0 Å². The summed E-state index contributed by atoms with van der Waals surface area (Å²) in [7, 11) is 0. The fourth-order valence-electron chi connectivity index (χ4n) is 7.32. The highest BCUT2D eigenvalue weighted by Crippen LogP contribution is 2.66. The second-order valence-corrected chi connectivity index (χ2v) is 9.12. The molecule has 114 valence electrons. The third kappa shape index (κ3) is 1.71. The summed E-state index contributed by atoms with van der Waals surface area (Å²) in [5, 5.41) is 10.6. The van der Waals surface area contributed by atoms with Crippen molar-refractivity contribution < 1.29 is 5.11 Å². The van der Waals surface area contributed by atoms with E-state index >= 15 is 0 Å². The molecule has 4 saturated carbocycles. The quantitative estimate of drug-likeness (QED) is 0.675. The molecule has 4 fully saturated rings. The maximum absolute atomic E-state index is 10.6. The van der Waals surface area contributed by atoms with Crippen molar-refractivity contribution in [3.05, 3.63) is 0 Å². The molecule has 4 aliphatic rings. The van der Waals surface area contributed by atoms with Gasteiger partial charge in [0.15, 0.2) is 0 Å². The molecule has 4 aliphatic carbocycles. The van der Waals surface area contributed by atoms with Crippen LogP contribution in [0.5, 0.6) is 0 Å². The summed E-state index contributed by atoms with van der Waals surface area (Å²) < 4.78 is 0. The van der Waals surface area contributed by atoms with Crippen molar-refractivity contribution in [3.63, 3.8) is 0 Å². The Hall–Kier alpha value is -0.0400. The number of fused-ring (bicyclic) bond motifs is 5. The molecule has 0 aliphatic heterocycles. The molecule has 0 bridgehead atoms. The molecule has 0 saturated heterocycles. The maximum atomic E-state index is 10.6. The molecular weight excluding hydrogens is 244 g/mol. The minimum absolute atomic E-state index is 0.0107. The molecule has 1 nitrogen and oxygen atoms in total. The van der Waals surface area contributed by atoms with E-state index in [1.165, 1.54) is 57.8 Å². The zero-order valence-corrected chi connectivity index (χ0v) is 13.4. The van der Waals surface area contributed by atoms with Crippen molar-refractivity contribution in [3.8, 4) is 0 Å². The lowest BCUT2D eigenvalue weighted by atomic mass is 9.45. The first-order chi connectivity index (χ1) is 9.55. The maximum Gasteiger partial charge on any atom is 0.0576 e. The predicted molar refractivity (Wildman–Crippen MR) is 82.4 cm³/mol. The van der Waals surface area contributed by atoms with Crippen LogP contribution in [-0.4, -0.2) is 11.2 Å². The van der Waals surface area contributed by atoms with Gasteiger partial charge in [-0.3, -0.25) is 0 Å². The Labute approximate surface area is 124 Å². The van der Waals surface area contributed by atoms with E-state index in [0.29, 0.717) is 16.7 Å². The topological polar surface area (TPSA) is 20.2 Å². The third-order valence-corrected chi connectivity index (χ3v) is 8.38. The van der Waals surface area contributed by atoms with Crippen LogP contribution in [0.1, 0.15) is 78.1 Å². The van der Waals surface area contributed by atoms with Crippen LogP contribution in [0.3, 0.4) is 0 Å². The molecule has 0 aromatic rings. The van der Waals surface area contributed by atoms with Crippen molar-refractivity contribution in [2.75, 3.05) is 0 Å². The van der Waals surface area contributed by atoms with E-state index in [1.807, 2.05) is 0 Å². The molecular formula is C19H32O. The largest absolute Gasteiger partial charge is 0.393 e. The number of rotatable bonds is 0. The number of aliphatic hydroxyl groups is 1. The molecule has 0 heterocycles. The van der Waals surface area contributed by atoms with Crippen molar-refractivity contribution in [1.29, 1.82) is 0 Å². The molecule has 0 aromatic heterocycles. The van der Waals surface area contributed by atoms with Crippen LogP contribution in [0, 0.1) is 34.5 Å². The van der Waals surface area contributed by atoms with Gasteiger partial charge in [0.05, 0.1) is 6.10 Å². The lowest BCUT2D eigenvalue weighted by molar-refractivity contribution is -0.122. The molecule has 0 radical (unpaired) electrons. The molecule has 0 amide bonds. The summed E-state index contributed by atoms with van der Waals surface area (Å²) >= 11 is 0. The Bertz CT molecular complexity index is 391. The van der Waals surface area contributed by atoms with Gasteiger partial charge in [0.25, 0.3) is 0 Å². The van der Waals surface area contributed by atoms with Gasteiger partial charge in [0.1, 0.15) is 0 Å². The minimum atomic E-state index is 0.0107. The van der Waals surface area contributed by atoms with Gasteiger partial charge in [0.2, 0.25) is 0 Å². The molecule has 1 heteroatoms. The number of hydrogen-bond donors (Lipinski definition) is 1. The monoisotopic (exact) mass is 276 g/mol. The highest BCUT2D eigenvalue weighted by Gasteiger charge is 2.59. The molecule has 4 rings (SSSR count). The van der Waals surface area contributed by atoms with Gasteiger partial charge in [-0.15, -0.1) is 0 Å². The first kappa shape index (κ1) is 13.6. The third-order valence-electron chi connectivity index (χ3n) is 8.38. The summed E-state index contributed by atoms with van der Waals surface area (Å²) in [4.78, 5) is 0. The molecule has 20 heavy (non-hydrogen) atoms. The lowest BCUT2D eigenvalue weighted by Gasteiger charge is -2.60. The molecule has 0 aromatic carbocycles.